The van der Waals surface area contributed by atoms with Crippen molar-refractivity contribution in [1.82, 2.24) is 19.7 Å². The Balaban J connectivity index is 1.35. The van der Waals surface area contributed by atoms with E-state index in [0.29, 0.717) is 24.2 Å². The van der Waals surface area contributed by atoms with Gasteiger partial charge in [0.1, 0.15) is 12.2 Å². The summed E-state index contributed by atoms with van der Waals surface area (Å²) in [5.74, 6) is 2.19. The van der Waals surface area contributed by atoms with Gasteiger partial charge in [0.2, 0.25) is 5.91 Å². The fourth-order valence-electron chi connectivity index (χ4n) is 4.25. The quantitative estimate of drug-likeness (QED) is 0.872. The number of piperidine rings is 1. The van der Waals surface area contributed by atoms with Crippen LogP contribution >= 0.6 is 0 Å². The van der Waals surface area contributed by atoms with E-state index in [1.807, 2.05) is 16.5 Å². The maximum absolute atomic E-state index is 12.7. The number of amides is 1. The van der Waals surface area contributed by atoms with Gasteiger partial charge in [0.25, 0.3) is 0 Å². The maximum atomic E-state index is 12.7. The van der Waals surface area contributed by atoms with E-state index in [-0.39, 0.29) is 0 Å². The van der Waals surface area contributed by atoms with Crippen LogP contribution in [0.1, 0.15) is 54.5 Å². The normalized spacial score (nSPS) is 21.0. The molecule has 2 aromatic rings. The van der Waals surface area contributed by atoms with Crippen molar-refractivity contribution in [2.75, 3.05) is 13.1 Å². The lowest BCUT2D eigenvalue weighted by atomic mass is 9.93. The molecule has 2 heterocycles. The van der Waals surface area contributed by atoms with E-state index in [9.17, 15) is 4.79 Å². The van der Waals surface area contributed by atoms with Crippen molar-refractivity contribution in [3.8, 4) is 0 Å². The molecule has 0 radical (unpaired) electrons. The first-order chi connectivity index (χ1) is 11.7. The number of aryl methyl sites for hydroxylation is 2. The summed E-state index contributed by atoms with van der Waals surface area (Å²) in [6.45, 7) is 1.68. The van der Waals surface area contributed by atoms with E-state index >= 15 is 0 Å². The van der Waals surface area contributed by atoms with E-state index in [1.54, 1.807) is 6.33 Å². The molecular formula is C19H24N4O. The van der Waals surface area contributed by atoms with Crippen molar-refractivity contribution in [2.24, 2.45) is 7.05 Å². The highest BCUT2D eigenvalue weighted by molar-refractivity contribution is 5.77. The fourth-order valence-corrected chi connectivity index (χ4v) is 4.25. The van der Waals surface area contributed by atoms with E-state index < -0.39 is 0 Å². The Morgan fingerprint density at radius 1 is 1.21 bits per heavy atom. The minimum atomic E-state index is 0.313. The molecule has 0 bridgehead atoms. The highest BCUT2D eigenvalue weighted by Gasteiger charge is 2.29. The maximum Gasteiger partial charge on any atom is 0.223 e. The number of rotatable bonds is 3. The Morgan fingerprint density at radius 3 is 2.75 bits per heavy atom. The fraction of sp³-hybridized carbons (Fsp3) is 0.526. The summed E-state index contributed by atoms with van der Waals surface area (Å²) in [4.78, 5) is 14.8. The van der Waals surface area contributed by atoms with Gasteiger partial charge in [0, 0.05) is 32.5 Å². The lowest BCUT2D eigenvalue weighted by Crippen LogP contribution is -2.38. The number of likely N-dealkylation sites (tertiary alicyclic amines) is 1. The Kier molecular flexibility index (Phi) is 4.08. The van der Waals surface area contributed by atoms with Gasteiger partial charge in [-0.05, 0) is 42.7 Å². The van der Waals surface area contributed by atoms with Crippen molar-refractivity contribution < 1.29 is 4.79 Å². The van der Waals surface area contributed by atoms with E-state index in [2.05, 4.69) is 34.5 Å². The highest BCUT2D eigenvalue weighted by Crippen LogP contribution is 2.36. The van der Waals surface area contributed by atoms with E-state index in [1.165, 1.54) is 11.1 Å². The van der Waals surface area contributed by atoms with Gasteiger partial charge in [-0.1, -0.05) is 24.3 Å². The van der Waals surface area contributed by atoms with Gasteiger partial charge >= 0.3 is 0 Å². The van der Waals surface area contributed by atoms with Crippen molar-refractivity contribution in [3.05, 3.63) is 47.5 Å². The van der Waals surface area contributed by atoms with Crippen LogP contribution in [0, 0.1) is 0 Å². The number of aromatic nitrogens is 3. The summed E-state index contributed by atoms with van der Waals surface area (Å²) in [7, 11) is 1.99. The average Bonchev–Trinajstić information content (AvgIpc) is 3.22. The molecule has 1 saturated heterocycles. The molecule has 1 aromatic heterocycles. The van der Waals surface area contributed by atoms with Crippen LogP contribution < -0.4 is 0 Å². The zero-order chi connectivity index (χ0) is 16.5. The molecule has 2 aliphatic rings. The van der Waals surface area contributed by atoms with Gasteiger partial charge in [-0.15, -0.1) is 10.2 Å². The van der Waals surface area contributed by atoms with Gasteiger partial charge in [-0.2, -0.15) is 0 Å². The van der Waals surface area contributed by atoms with Gasteiger partial charge in [0.15, 0.2) is 0 Å². The third-order valence-electron chi connectivity index (χ3n) is 5.64. The molecule has 1 aromatic carbocycles. The van der Waals surface area contributed by atoms with Crippen LogP contribution in [0.2, 0.25) is 0 Å². The number of carbonyl (C=O) groups is 1. The van der Waals surface area contributed by atoms with Crippen molar-refractivity contribution in [1.29, 1.82) is 0 Å². The molecule has 1 atom stereocenters. The largest absolute Gasteiger partial charge is 0.343 e. The Bertz CT molecular complexity index is 730. The molecule has 5 heteroatoms. The molecule has 0 unspecified atom stereocenters. The van der Waals surface area contributed by atoms with Crippen LogP contribution in [-0.2, 0) is 18.3 Å². The van der Waals surface area contributed by atoms with E-state index in [0.717, 1.165) is 44.6 Å². The van der Waals surface area contributed by atoms with Crippen molar-refractivity contribution in [2.45, 2.75) is 43.9 Å². The Labute approximate surface area is 142 Å². The predicted molar refractivity (Wildman–Crippen MR) is 91.7 cm³/mol. The van der Waals surface area contributed by atoms with Gasteiger partial charge in [-0.25, -0.2) is 0 Å². The molecule has 1 aliphatic heterocycles. The highest BCUT2D eigenvalue weighted by atomic mass is 16.2. The van der Waals surface area contributed by atoms with Crippen molar-refractivity contribution >= 4 is 5.91 Å². The predicted octanol–water partition coefficient (Wildman–Crippen LogP) is 2.64. The Hall–Kier alpha value is -2.17. The smallest absolute Gasteiger partial charge is 0.223 e. The van der Waals surface area contributed by atoms with Gasteiger partial charge in [-0.3, -0.25) is 4.79 Å². The molecule has 0 spiro atoms. The number of hydrogen-bond donors (Lipinski definition) is 0. The SMILES string of the molecule is Cn1cnnc1C1CCN(C(=O)C[C@@H]2CCc3ccccc32)CC1. The molecule has 1 fully saturated rings. The van der Waals surface area contributed by atoms with Crippen LogP contribution in [-0.4, -0.2) is 38.7 Å². The summed E-state index contributed by atoms with van der Waals surface area (Å²) in [6.07, 6.45) is 6.61. The number of benzene rings is 1. The second-order valence-electron chi connectivity index (χ2n) is 7.09. The molecule has 0 saturated carbocycles. The van der Waals surface area contributed by atoms with Crippen molar-refractivity contribution in [3.63, 3.8) is 0 Å². The molecular weight excluding hydrogens is 300 g/mol. The van der Waals surface area contributed by atoms with Crippen LogP contribution in [0.4, 0.5) is 0 Å². The molecule has 0 N–H and O–H groups in total. The summed E-state index contributed by atoms with van der Waals surface area (Å²) < 4.78 is 2.00. The first kappa shape index (κ1) is 15.4. The van der Waals surface area contributed by atoms with E-state index in [4.69, 9.17) is 0 Å². The minimum absolute atomic E-state index is 0.313. The lowest BCUT2D eigenvalue weighted by molar-refractivity contribution is -0.132. The number of hydrogen-bond acceptors (Lipinski definition) is 3. The molecule has 1 aliphatic carbocycles. The number of carbonyl (C=O) groups excluding carboxylic acids is 1. The number of nitrogens with zero attached hydrogens (tertiary/aromatic N) is 4. The second-order valence-corrected chi connectivity index (χ2v) is 7.09. The molecule has 5 nitrogen and oxygen atoms in total. The first-order valence-electron chi connectivity index (χ1n) is 8.92. The Morgan fingerprint density at radius 2 is 2.00 bits per heavy atom. The monoisotopic (exact) mass is 324 g/mol. The second kappa shape index (κ2) is 6.38. The topological polar surface area (TPSA) is 51.0 Å². The van der Waals surface area contributed by atoms with Crippen LogP contribution in [0.25, 0.3) is 0 Å². The van der Waals surface area contributed by atoms with Gasteiger partial charge in [0.05, 0.1) is 0 Å². The third kappa shape index (κ3) is 2.83. The molecule has 126 valence electrons. The van der Waals surface area contributed by atoms with Crippen LogP contribution in [0.5, 0.6) is 0 Å². The summed E-state index contributed by atoms with van der Waals surface area (Å²) in [5, 5.41) is 8.20. The average molecular weight is 324 g/mol. The molecule has 24 heavy (non-hydrogen) atoms. The van der Waals surface area contributed by atoms with Crippen LogP contribution in [0.3, 0.4) is 0 Å². The van der Waals surface area contributed by atoms with Gasteiger partial charge < -0.3 is 9.47 Å². The third-order valence-corrected chi connectivity index (χ3v) is 5.64. The molecule has 4 rings (SSSR count). The molecule has 1 amide bonds. The first-order valence-corrected chi connectivity index (χ1v) is 8.92. The minimum Gasteiger partial charge on any atom is -0.343 e. The standard InChI is InChI=1S/C19H24N4O/c1-22-13-20-21-19(22)15-8-10-23(11-9-15)18(24)12-16-7-6-14-4-2-3-5-17(14)16/h2-5,13,15-16H,6-12H2,1H3/t16-/m0/s1. The summed E-state index contributed by atoms with van der Waals surface area (Å²) in [6, 6.07) is 8.58. The summed E-state index contributed by atoms with van der Waals surface area (Å²) >= 11 is 0. The number of fused-ring (bicyclic) bond motifs is 1. The zero-order valence-corrected chi connectivity index (χ0v) is 14.2. The summed E-state index contributed by atoms with van der Waals surface area (Å²) in [5.41, 5.74) is 2.82. The zero-order valence-electron chi connectivity index (χ0n) is 14.2. The lowest BCUT2D eigenvalue weighted by Gasteiger charge is -2.32. The van der Waals surface area contributed by atoms with Crippen LogP contribution in [0.15, 0.2) is 30.6 Å².